The molecule has 0 aromatic heterocycles. The van der Waals surface area contributed by atoms with Crippen molar-refractivity contribution in [3.8, 4) is 0 Å². The maximum atomic E-state index is 6.17. The highest BCUT2D eigenvalue weighted by Gasteiger charge is 2.14. The second kappa shape index (κ2) is 7.73. The summed E-state index contributed by atoms with van der Waals surface area (Å²) in [6.45, 7) is 8.69. The van der Waals surface area contributed by atoms with Crippen molar-refractivity contribution < 1.29 is 0 Å². The van der Waals surface area contributed by atoms with Crippen LogP contribution in [0.4, 0.5) is 5.69 Å². The first-order valence-electron chi connectivity index (χ1n) is 7.80. The van der Waals surface area contributed by atoms with Crippen LogP contribution >= 0.6 is 35.4 Å². The van der Waals surface area contributed by atoms with E-state index in [-0.39, 0.29) is 11.5 Å². The first-order valence-corrected chi connectivity index (χ1v) is 8.97. The van der Waals surface area contributed by atoms with Gasteiger partial charge in [-0.15, -0.1) is 0 Å². The third-order valence-electron chi connectivity index (χ3n) is 3.82. The van der Waals surface area contributed by atoms with Crippen molar-refractivity contribution in [2.45, 2.75) is 39.2 Å². The fourth-order valence-corrected chi connectivity index (χ4v) is 2.95. The highest BCUT2D eigenvalue weighted by Crippen LogP contribution is 2.29. The summed E-state index contributed by atoms with van der Waals surface area (Å²) in [5.74, 6) is 0. The zero-order chi connectivity index (χ0) is 17.9. The van der Waals surface area contributed by atoms with Gasteiger partial charge in [-0.3, -0.25) is 0 Å². The quantitative estimate of drug-likeness (QED) is 0.607. The Bertz CT molecular complexity index is 721. The van der Waals surface area contributed by atoms with Crippen LogP contribution in [-0.2, 0) is 5.41 Å². The molecule has 2 N–H and O–H groups in total. The van der Waals surface area contributed by atoms with Crippen molar-refractivity contribution in [2.24, 2.45) is 0 Å². The first-order chi connectivity index (χ1) is 11.2. The monoisotopic (exact) mass is 380 g/mol. The van der Waals surface area contributed by atoms with Crippen molar-refractivity contribution in [3.63, 3.8) is 0 Å². The van der Waals surface area contributed by atoms with Crippen LogP contribution in [0.15, 0.2) is 42.5 Å². The topological polar surface area (TPSA) is 24.1 Å². The third kappa shape index (κ3) is 4.85. The Morgan fingerprint density at radius 2 is 1.67 bits per heavy atom. The summed E-state index contributed by atoms with van der Waals surface area (Å²) in [4.78, 5) is 0. The van der Waals surface area contributed by atoms with E-state index in [1.165, 1.54) is 11.1 Å². The molecule has 0 saturated heterocycles. The number of halogens is 2. The maximum absolute atomic E-state index is 6.17. The lowest BCUT2D eigenvalue weighted by atomic mass is 9.86. The van der Waals surface area contributed by atoms with Crippen molar-refractivity contribution in [2.75, 3.05) is 5.32 Å². The Kier molecular flexibility index (Phi) is 6.13. The van der Waals surface area contributed by atoms with E-state index in [4.69, 9.17) is 35.4 Å². The Morgan fingerprint density at radius 3 is 2.25 bits per heavy atom. The molecule has 0 amide bonds. The minimum Gasteiger partial charge on any atom is -0.356 e. The number of hydrogen-bond donors (Lipinski definition) is 2. The molecule has 0 aliphatic heterocycles. The Hall–Kier alpha value is -1.29. The number of benzene rings is 2. The van der Waals surface area contributed by atoms with E-state index in [2.05, 4.69) is 62.6 Å². The van der Waals surface area contributed by atoms with Crippen LogP contribution in [-0.4, -0.2) is 5.11 Å². The molecule has 0 saturated carbocycles. The van der Waals surface area contributed by atoms with E-state index < -0.39 is 0 Å². The average molecular weight is 381 g/mol. The van der Waals surface area contributed by atoms with Crippen LogP contribution in [0.5, 0.6) is 0 Å². The summed E-state index contributed by atoms with van der Waals surface area (Å²) in [5.41, 5.74) is 3.32. The molecule has 24 heavy (non-hydrogen) atoms. The van der Waals surface area contributed by atoms with E-state index in [0.29, 0.717) is 20.8 Å². The van der Waals surface area contributed by atoms with Gasteiger partial charge in [0, 0.05) is 0 Å². The Labute approximate surface area is 159 Å². The summed E-state index contributed by atoms with van der Waals surface area (Å²) in [6.07, 6.45) is 0. The lowest BCUT2D eigenvalue weighted by molar-refractivity contribution is 0.589. The molecule has 2 nitrogen and oxygen atoms in total. The van der Waals surface area contributed by atoms with Crippen LogP contribution in [0.25, 0.3) is 0 Å². The average Bonchev–Trinajstić information content (AvgIpc) is 2.51. The Morgan fingerprint density at radius 1 is 1.04 bits per heavy atom. The first kappa shape index (κ1) is 19.0. The van der Waals surface area contributed by atoms with Gasteiger partial charge in [0.15, 0.2) is 5.11 Å². The lowest BCUT2D eigenvalue weighted by Gasteiger charge is -2.21. The molecule has 0 aliphatic rings. The molecule has 128 valence electrons. The summed E-state index contributed by atoms with van der Waals surface area (Å²) in [5, 5.41) is 7.82. The third-order valence-corrected chi connectivity index (χ3v) is 4.86. The molecule has 0 heterocycles. The molecule has 0 aliphatic carbocycles. The van der Waals surface area contributed by atoms with E-state index in [9.17, 15) is 0 Å². The molecule has 0 fully saturated rings. The molecule has 2 aromatic rings. The normalized spacial score (nSPS) is 12.6. The van der Waals surface area contributed by atoms with Crippen LogP contribution in [0.2, 0.25) is 10.0 Å². The van der Waals surface area contributed by atoms with E-state index >= 15 is 0 Å². The van der Waals surface area contributed by atoms with Gasteiger partial charge in [-0.25, -0.2) is 0 Å². The van der Waals surface area contributed by atoms with Gasteiger partial charge >= 0.3 is 0 Å². The van der Waals surface area contributed by atoms with Gasteiger partial charge in [-0.05, 0) is 47.8 Å². The molecule has 5 heteroatoms. The molecule has 0 radical (unpaired) electrons. The van der Waals surface area contributed by atoms with Gasteiger partial charge in [0.1, 0.15) is 0 Å². The summed E-state index contributed by atoms with van der Waals surface area (Å²) < 4.78 is 0. The largest absolute Gasteiger partial charge is 0.356 e. The number of nitrogens with one attached hydrogen (secondary N) is 2. The highest BCUT2D eigenvalue weighted by atomic mass is 35.5. The zero-order valence-corrected chi connectivity index (χ0v) is 16.6. The molecular formula is C19H22Cl2N2S. The predicted molar refractivity (Wildman–Crippen MR) is 109 cm³/mol. The van der Waals surface area contributed by atoms with Crippen LogP contribution < -0.4 is 10.6 Å². The SMILES string of the molecule is CC(NC(=S)Nc1cccc(Cl)c1Cl)c1ccc(C(C)(C)C)cc1. The van der Waals surface area contributed by atoms with Crippen molar-refractivity contribution in [3.05, 3.63) is 63.6 Å². The van der Waals surface area contributed by atoms with Crippen LogP contribution in [0.1, 0.15) is 44.9 Å². The van der Waals surface area contributed by atoms with Gasteiger partial charge in [0.25, 0.3) is 0 Å². The molecular weight excluding hydrogens is 359 g/mol. The maximum Gasteiger partial charge on any atom is 0.171 e. The van der Waals surface area contributed by atoms with E-state index in [0.717, 1.165) is 0 Å². The molecule has 0 bridgehead atoms. The molecule has 0 spiro atoms. The van der Waals surface area contributed by atoms with Gasteiger partial charge in [0.05, 0.1) is 21.8 Å². The highest BCUT2D eigenvalue weighted by molar-refractivity contribution is 7.80. The van der Waals surface area contributed by atoms with Gasteiger partial charge in [-0.2, -0.15) is 0 Å². The predicted octanol–water partition coefficient (Wildman–Crippen LogP) is 6.34. The zero-order valence-electron chi connectivity index (χ0n) is 14.3. The fourth-order valence-electron chi connectivity index (χ4n) is 2.31. The van der Waals surface area contributed by atoms with Crippen molar-refractivity contribution in [1.82, 2.24) is 5.32 Å². The standard InChI is InChI=1S/C19H22Cl2N2S/c1-12(13-8-10-14(11-9-13)19(2,3)4)22-18(24)23-16-7-5-6-15(20)17(16)21/h5-12H,1-4H3,(H2,22,23,24). The molecule has 2 rings (SSSR count). The molecule has 1 unspecified atom stereocenters. The summed E-state index contributed by atoms with van der Waals surface area (Å²) in [7, 11) is 0. The summed E-state index contributed by atoms with van der Waals surface area (Å²) in [6, 6.07) is 14.1. The molecule has 2 aromatic carbocycles. The number of anilines is 1. The smallest absolute Gasteiger partial charge is 0.171 e. The number of rotatable bonds is 3. The van der Waals surface area contributed by atoms with Gasteiger partial charge in [-0.1, -0.05) is 74.3 Å². The minimum absolute atomic E-state index is 0.0805. The number of thiocarbonyl (C=S) groups is 1. The van der Waals surface area contributed by atoms with E-state index in [1.54, 1.807) is 6.07 Å². The van der Waals surface area contributed by atoms with Crippen LogP contribution in [0.3, 0.4) is 0 Å². The van der Waals surface area contributed by atoms with E-state index in [1.807, 2.05) is 12.1 Å². The van der Waals surface area contributed by atoms with Gasteiger partial charge in [0.2, 0.25) is 0 Å². The fraction of sp³-hybridized carbons (Fsp3) is 0.316. The summed E-state index contributed by atoms with van der Waals surface area (Å²) >= 11 is 17.6. The van der Waals surface area contributed by atoms with Gasteiger partial charge < -0.3 is 10.6 Å². The second-order valence-corrected chi connectivity index (χ2v) is 7.99. The number of hydrogen-bond acceptors (Lipinski definition) is 1. The van der Waals surface area contributed by atoms with Crippen molar-refractivity contribution >= 4 is 46.2 Å². The van der Waals surface area contributed by atoms with Crippen molar-refractivity contribution in [1.29, 1.82) is 0 Å². The molecule has 1 atom stereocenters. The second-order valence-electron chi connectivity index (χ2n) is 6.79. The Balaban J connectivity index is 2.02. The lowest BCUT2D eigenvalue weighted by Crippen LogP contribution is -2.31. The minimum atomic E-state index is 0.0805. The van der Waals surface area contributed by atoms with Crippen LogP contribution in [0, 0.1) is 0 Å².